The van der Waals surface area contributed by atoms with E-state index in [-0.39, 0.29) is 16.5 Å². The zero-order chi connectivity index (χ0) is 16.2. The topological polar surface area (TPSA) is 115 Å². The maximum absolute atomic E-state index is 11.8. The molecular weight excluding hydrogens is 304 g/mol. The van der Waals surface area contributed by atoms with Crippen LogP contribution in [-0.4, -0.2) is 31.1 Å². The van der Waals surface area contributed by atoms with E-state index in [1.807, 2.05) is 0 Å². The van der Waals surface area contributed by atoms with Crippen molar-refractivity contribution in [1.29, 1.82) is 0 Å². The van der Waals surface area contributed by atoms with Gasteiger partial charge in [0.05, 0.1) is 10.6 Å². The summed E-state index contributed by atoms with van der Waals surface area (Å²) >= 11 is 0. The normalized spacial score (nSPS) is 11.2. The molecule has 0 bridgehead atoms. The molecule has 1 aromatic carbocycles. The van der Waals surface area contributed by atoms with Gasteiger partial charge >= 0.3 is 0 Å². The molecule has 22 heavy (non-hydrogen) atoms. The fourth-order valence-corrected chi connectivity index (χ4v) is 2.29. The minimum atomic E-state index is -3.68. The molecular formula is C14H16N4O3S. The van der Waals surface area contributed by atoms with E-state index in [2.05, 4.69) is 15.5 Å². The van der Waals surface area contributed by atoms with Crippen LogP contribution in [0.25, 0.3) is 0 Å². The summed E-state index contributed by atoms with van der Waals surface area (Å²) in [4.78, 5) is 11.9. The third kappa shape index (κ3) is 4.34. The minimum Gasteiger partial charge on any atom is -0.350 e. The van der Waals surface area contributed by atoms with E-state index >= 15 is 0 Å². The van der Waals surface area contributed by atoms with Crippen LogP contribution >= 0.6 is 0 Å². The summed E-state index contributed by atoms with van der Waals surface area (Å²) in [6.07, 6.45) is 0.565. The van der Waals surface area contributed by atoms with Gasteiger partial charge in [0.1, 0.15) is 0 Å². The maximum Gasteiger partial charge on any atom is 0.271 e. The molecule has 7 nitrogen and oxygen atoms in total. The molecule has 0 radical (unpaired) electrons. The van der Waals surface area contributed by atoms with Crippen LogP contribution in [0.15, 0.2) is 41.3 Å². The summed E-state index contributed by atoms with van der Waals surface area (Å²) in [6, 6.07) is 9.54. The van der Waals surface area contributed by atoms with Gasteiger partial charge in [0.2, 0.25) is 10.0 Å². The number of sulfonamides is 1. The van der Waals surface area contributed by atoms with Crippen molar-refractivity contribution in [2.75, 3.05) is 6.54 Å². The summed E-state index contributed by atoms with van der Waals surface area (Å²) in [5.41, 5.74) is 1.89. The van der Waals surface area contributed by atoms with Crippen LogP contribution in [0.1, 0.15) is 21.7 Å². The van der Waals surface area contributed by atoms with Gasteiger partial charge < -0.3 is 5.32 Å². The molecule has 116 valence electrons. The van der Waals surface area contributed by atoms with Gasteiger partial charge in [0.25, 0.3) is 5.91 Å². The molecule has 0 unspecified atom stereocenters. The van der Waals surface area contributed by atoms with Gasteiger partial charge in [-0.2, -0.15) is 5.10 Å². The summed E-state index contributed by atoms with van der Waals surface area (Å²) < 4.78 is 22.3. The fraction of sp³-hybridized carbons (Fsp3) is 0.214. The second kappa shape index (κ2) is 6.63. The van der Waals surface area contributed by atoms with Crippen LogP contribution < -0.4 is 10.5 Å². The summed E-state index contributed by atoms with van der Waals surface area (Å²) in [7, 11) is -3.68. The molecule has 0 aliphatic heterocycles. The van der Waals surface area contributed by atoms with Crippen molar-refractivity contribution in [2.45, 2.75) is 18.2 Å². The molecule has 1 heterocycles. The van der Waals surface area contributed by atoms with E-state index in [9.17, 15) is 13.2 Å². The number of carbonyl (C=O) groups excluding carboxylic acids is 1. The van der Waals surface area contributed by atoms with Crippen molar-refractivity contribution in [3.8, 4) is 0 Å². The van der Waals surface area contributed by atoms with Crippen LogP contribution in [-0.2, 0) is 16.4 Å². The van der Waals surface area contributed by atoms with Gasteiger partial charge in [0, 0.05) is 6.54 Å². The molecule has 0 saturated heterocycles. The van der Waals surface area contributed by atoms with E-state index in [1.165, 1.54) is 12.1 Å². The average Bonchev–Trinajstić information content (AvgIpc) is 2.47. The zero-order valence-corrected chi connectivity index (χ0v) is 12.8. The number of benzene rings is 1. The number of rotatable bonds is 5. The fourth-order valence-electron chi connectivity index (χ4n) is 1.78. The Labute approximate surface area is 128 Å². The molecule has 0 aliphatic rings. The molecule has 0 aliphatic carbocycles. The van der Waals surface area contributed by atoms with Crippen LogP contribution in [0.5, 0.6) is 0 Å². The van der Waals surface area contributed by atoms with Crippen LogP contribution in [0.3, 0.4) is 0 Å². The highest BCUT2D eigenvalue weighted by Crippen LogP contribution is 2.09. The lowest BCUT2D eigenvalue weighted by molar-refractivity contribution is 0.0948. The number of carbonyl (C=O) groups is 1. The first-order chi connectivity index (χ1) is 10.4. The van der Waals surface area contributed by atoms with Gasteiger partial charge in [-0.1, -0.05) is 12.1 Å². The number of hydrogen-bond acceptors (Lipinski definition) is 5. The Bertz CT molecular complexity index is 756. The van der Waals surface area contributed by atoms with Crippen LogP contribution in [0.2, 0.25) is 0 Å². The van der Waals surface area contributed by atoms with Crippen molar-refractivity contribution in [3.63, 3.8) is 0 Å². The van der Waals surface area contributed by atoms with Gasteiger partial charge in [-0.05, 0) is 43.2 Å². The zero-order valence-electron chi connectivity index (χ0n) is 12.0. The predicted octanol–water partition coefficient (Wildman–Crippen LogP) is 0.405. The third-order valence-electron chi connectivity index (χ3n) is 2.98. The summed E-state index contributed by atoms with van der Waals surface area (Å²) in [5.74, 6) is -0.298. The maximum atomic E-state index is 11.8. The second-order valence-electron chi connectivity index (χ2n) is 4.75. The van der Waals surface area contributed by atoms with Gasteiger partial charge in [-0.3, -0.25) is 4.79 Å². The van der Waals surface area contributed by atoms with Gasteiger partial charge in [-0.25, -0.2) is 13.6 Å². The number of nitrogens with one attached hydrogen (secondary N) is 1. The molecule has 3 N–H and O–H groups in total. The van der Waals surface area contributed by atoms with E-state index in [4.69, 9.17) is 5.14 Å². The smallest absolute Gasteiger partial charge is 0.271 e. The monoisotopic (exact) mass is 320 g/mol. The highest BCUT2D eigenvalue weighted by Gasteiger charge is 2.08. The lowest BCUT2D eigenvalue weighted by atomic mass is 10.1. The first-order valence-corrected chi connectivity index (χ1v) is 8.11. The Kier molecular flexibility index (Phi) is 4.84. The van der Waals surface area contributed by atoms with Crippen molar-refractivity contribution < 1.29 is 13.2 Å². The average molecular weight is 320 g/mol. The minimum absolute atomic E-state index is 0.0650. The quantitative estimate of drug-likeness (QED) is 0.827. The molecule has 0 fully saturated rings. The molecule has 0 saturated carbocycles. The van der Waals surface area contributed by atoms with E-state index in [1.54, 1.807) is 31.2 Å². The molecule has 1 aromatic heterocycles. The number of nitrogens with zero attached hydrogens (tertiary/aromatic N) is 2. The van der Waals surface area contributed by atoms with Crippen molar-refractivity contribution >= 4 is 15.9 Å². The molecule has 0 atom stereocenters. The number of hydrogen-bond donors (Lipinski definition) is 2. The number of amides is 1. The van der Waals surface area contributed by atoms with Crippen molar-refractivity contribution in [3.05, 3.63) is 53.3 Å². The van der Waals surface area contributed by atoms with E-state index < -0.39 is 10.0 Å². The van der Waals surface area contributed by atoms with Gasteiger partial charge in [0.15, 0.2) is 5.69 Å². The van der Waals surface area contributed by atoms with Crippen LogP contribution in [0.4, 0.5) is 0 Å². The second-order valence-corrected chi connectivity index (χ2v) is 6.32. The Morgan fingerprint density at radius 2 is 1.82 bits per heavy atom. The first-order valence-electron chi connectivity index (χ1n) is 6.56. The number of primary sulfonamides is 1. The van der Waals surface area contributed by atoms with Crippen molar-refractivity contribution in [1.82, 2.24) is 15.5 Å². The first kappa shape index (κ1) is 16.1. The van der Waals surface area contributed by atoms with Crippen LogP contribution in [0, 0.1) is 6.92 Å². The third-order valence-corrected chi connectivity index (χ3v) is 3.91. The molecule has 0 spiro atoms. The molecule has 1 amide bonds. The standard InChI is InChI=1S/C14H16N4O3S/c1-10-2-7-13(18-17-10)14(19)16-9-8-11-3-5-12(6-4-11)22(15,20)21/h2-7H,8-9H2,1H3,(H,16,19)(H2,15,20,21). The number of aryl methyl sites for hydroxylation is 1. The SMILES string of the molecule is Cc1ccc(C(=O)NCCc2ccc(S(N)(=O)=O)cc2)nn1. The summed E-state index contributed by atoms with van der Waals surface area (Å²) in [6.45, 7) is 2.20. The highest BCUT2D eigenvalue weighted by atomic mass is 32.2. The number of nitrogens with two attached hydrogens (primary N) is 1. The molecule has 2 aromatic rings. The Morgan fingerprint density at radius 3 is 2.36 bits per heavy atom. The molecule has 2 rings (SSSR count). The largest absolute Gasteiger partial charge is 0.350 e. The lowest BCUT2D eigenvalue weighted by Gasteiger charge is -2.05. The predicted molar refractivity (Wildman–Crippen MR) is 80.6 cm³/mol. The molecule has 8 heteroatoms. The van der Waals surface area contributed by atoms with E-state index in [0.717, 1.165) is 11.3 Å². The van der Waals surface area contributed by atoms with E-state index in [0.29, 0.717) is 13.0 Å². The van der Waals surface area contributed by atoms with Crippen molar-refractivity contribution in [2.24, 2.45) is 5.14 Å². The summed E-state index contributed by atoms with van der Waals surface area (Å²) in [5, 5.41) is 15.4. The highest BCUT2D eigenvalue weighted by molar-refractivity contribution is 7.89. The Balaban J connectivity index is 1.88. The Hall–Kier alpha value is -2.32. The lowest BCUT2D eigenvalue weighted by Crippen LogP contribution is -2.26. The Morgan fingerprint density at radius 1 is 1.14 bits per heavy atom. The van der Waals surface area contributed by atoms with Gasteiger partial charge in [-0.15, -0.1) is 5.10 Å². The number of aromatic nitrogens is 2.